The smallest absolute Gasteiger partial charge is 0.341 e. The summed E-state index contributed by atoms with van der Waals surface area (Å²) in [4.78, 5) is 15.6. The van der Waals surface area contributed by atoms with Crippen LogP contribution in [0.5, 0.6) is 11.5 Å². The Morgan fingerprint density at radius 3 is 2.58 bits per heavy atom. The molecule has 0 aliphatic rings. The molecule has 1 heterocycles. The maximum Gasteiger partial charge on any atom is 0.341 e. The molecule has 0 fully saturated rings. The zero-order valence-corrected chi connectivity index (χ0v) is 18.4. The van der Waals surface area contributed by atoms with Crippen LogP contribution < -0.4 is 9.47 Å². The number of carbonyl (C=O) groups is 1. The van der Waals surface area contributed by atoms with E-state index < -0.39 is 5.97 Å². The number of nitrogens with zero attached hydrogens (tertiary/aromatic N) is 1. The van der Waals surface area contributed by atoms with Gasteiger partial charge in [-0.15, -0.1) is 0 Å². The van der Waals surface area contributed by atoms with Crippen molar-refractivity contribution < 1.29 is 19.4 Å². The summed E-state index contributed by atoms with van der Waals surface area (Å²) in [5.74, 6) is 0.216. The molecule has 3 aromatic rings. The number of halogens is 1. The fraction of sp³-hybridized carbons (Fsp3) is 0.280. The number of aliphatic carboxylic acids is 1. The lowest BCUT2D eigenvalue weighted by Gasteiger charge is -2.20. The number of hydrogen-bond donors (Lipinski definition) is 1. The number of rotatable bonds is 10. The third kappa shape index (κ3) is 6.46. The van der Waals surface area contributed by atoms with Crippen molar-refractivity contribution in [3.8, 4) is 22.8 Å². The molecule has 0 radical (unpaired) electrons. The van der Waals surface area contributed by atoms with Gasteiger partial charge in [-0.05, 0) is 67.8 Å². The lowest BCUT2D eigenvalue weighted by molar-refractivity contribution is -0.139. The second kappa shape index (κ2) is 10.8. The number of ether oxygens (including phenoxy) is 2. The van der Waals surface area contributed by atoms with Crippen molar-refractivity contribution in [2.24, 2.45) is 0 Å². The van der Waals surface area contributed by atoms with E-state index in [2.05, 4.69) is 6.92 Å². The molecule has 2 aromatic carbocycles. The summed E-state index contributed by atoms with van der Waals surface area (Å²) < 4.78 is 11.6. The van der Waals surface area contributed by atoms with Gasteiger partial charge in [-0.2, -0.15) is 0 Å². The van der Waals surface area contributed by atoms with Crippen LogP contribution in [0.4, 0.5) is 0 Å². The first-order valence-electron chi connectivity index (χ1n) is 10.3. The number of benzene rings is 2. The Morgan fingerprint density at radius 1 is 1.13 bits per heavy atom. The van der Waals surface area contributed by atoms with Crippen molar-refractivity contribution in [3.05, 3.63) is 76.9 Å². The van der Waals surface area contributed by atoms with Crippen LogP contribution in [0.2, 0.25) is 5.02 Å². The number of aromatic nitrogens is 1. The number of hydrogen-bond acceptors (Lipinski definition) is 4. The molecule has 1 aromatic heterocycles. The Bertz CT molecular complexity index is 1020. The maximum absolute atomic E-state index is 10.7. The molecular weight excluding hydrogens is 414 g/mol. The third-order valence-electron chi connectivity index (χ3n) is 4.84. The minimum absolute atomic E-state index is 0.197. The van der Waals surface area contributed by atoms with Gasteiger partial charge in [-0.1, -0.05) is 43.1 Å². The Hall–Kier alpha value is -3.05. The van der Waals surface area contributed by atoms with Crippen LogP contribution >= 0.6 is 11.6 Å². The molecule has 0 saturated carbocycles. The Balaban J connectivity index is 1.82. The monoisotopic (exact) mass is 439 g/mol. The Labute approximate surface area is 187 Å². The van der Waals surface area contributed by atoms with Crippen LogP contribution in [-0.2, 0) is 4.79 Å². The highest BCUT2D eigenvalue weighted by atomic mass is 35.5. The van der Waals surface area contributed by atoms with E-state index in [9.17, 15) is 4.79 Å². The minimum Gasteiger partial charge on any atom is -0.484 e. The van der Waals surface area contributed by atoms with Crippen molar-refractivity contribution in [2.45, 2.75) is 39.2 Å². The molecule has 3 rings (SSSR count). The molecule has 0 aliphatic carbocycles. The second-order valence-electron chi connectivity index (χ2n) is 7.31. The van der Waals surface area contributed by atoms with Gasteiger partial charge in [0.25, 0.3) is 0 Å². The molecule has 31 heavy (non-hydrogen) atoms. The summed E-state index contributed by atoms with van der Waals surface area (Å²) in [5, 5.41) is 9.49. The predicted molar refractivity (Wildman–Crippen MR) is 122 cm³/mol. The van der Waals surface area contributed by atoms with Gasteiger partial charge < -0.3 is 14.6 Å². The molecule has 0 amide bonds. The van der Waals surface area contributed by atoms with Crippen LogP contribution in [0.15, 0.2) is 60.7 Å². The summed E-state index contributed by atoms with van der Waals surface area (Å²) in [6.07, 6.45) is 2.70. The van der Waals surface area contributed by atoms with E-state index in [0.29, 0.717) is 16.5 Å². The lowest BCUT2D eigenvalue weighted by Crippen LogP contribution is -2.11. The standard InChI is InChI=1S/C25H26ClNO4/c1-3-4-8-24(31-20-13-14-23(17(2)15-20)30-16-25(28)29)22-7-5-6-21(27-22)18-9-11-19(26)12-10-18/h5-7,9-15,24H,3-4,8,16H2,1-2H3,(H,28,29)/t24-/m1/s1. The summed E-state index contributed by atoms with van der Waals surface area (Å²) in [6, 6.07) is 19.0. The molecular formula is C25H26ClNO4. The van der Waals surface area contributed by atoms with Crippen molar-refractivity contribution >= 4 is 17.6 Å². The topological polar surface area (TPSA) is 68.7 Å². The largest absolute Gasteiger partial charge is 0.484 e. The van der Waals surface area contributed by atoms with Crippen LogP contribution in [0.25, 0.3) is 11.3 Å². The highest BCUT2D eigenvalue weighted by molar-refractivity contribution is 6.30. The second-order valence-corrected chi connectivity index (χ2v) is 7.75. The molecule has 0 saturated heterocycles. The maximum atomic E-state index is 10.7. The van der Waals surface area contributed by atoms with E-state index in [4.69, 9.17) is 31.2 Å². The summed E-state index contributed by atoms with van der Waals surface area (Å²) >= 11 is 6.01. The van der Waals surface area contributed by atoms with Crippen molar-refractivity contribution in [3.63, 3.8) is 0 Å². The van der Waals surface area contributed by atoms with Crippen LogP contribution in [0, 0.1) is 6.92 Å². The van der Waals surface area contributed by atoms with Gasteiger partial charge >= 0.3 is 5.97 Å². The first-order valence-corrected chi connectivity index (χ1v) is 10.7. The van der Waals surface area contributed by atoms with Crippen LogP contribution in [0.1, 0.15) is 43.5 Å². The molecule has 5 nitrogen and oxygen atoms in total. The van der Waals surface area contributed by atoms with Crippen LogP contribution in [-0.4, -0.2) is 22.7 Å². The quantitative estimate of drug-likeness (QED) is 0.391. The van der Waals surface area contributed by atoms with Crippen LogP contribution in [0.3, 0.4) is 0 Å². The molecule has 0 unspecified atom stereocenters. The number of aryl methyl sites for hydroxylation is 1. The third-order valence-corrected chi connectivity index (χ3v) is 5.09. The number of carboxylic acid groups (broad SMARTS) is 1. The molecule has 0 aliphatic heterocycles. The van der Waals surface area contributed by atoms with Gasteiger partial charge in [0.2, 0.25) is 0 Å². The highest BCUT2D eigenvalue weighted by Crippen LogP contribution is 2.30. The number of carboxylic acids is 1. The van der Waals surface area contributed by atoms with Gasteiger partial charge in [0.05, 0.1) is 11.4 Å². The number of pyridine rings is 1. The Morgan fingerprint density at radius 2 is 1.90 bits per heavy atom. The summed E-state index contributed by atoms with van der Waals surface area (Å²) in [6.45, 7) is 3.64. The minimum atomic E-state index is -1.01. The van der Waals surface area contributed by atoms with Crippen molar-refractivity contribution in [1.82, 2.24) is 4.98 Å². The lowest BCUT2D eigenvalue weighted by atomic mass is 10.1. The van der Waals surface area contributed by atoms with E-state index in [1.807, 2.05) is 55.5 Å². The average Bonchev–Trinajstić information content (AvgIpc) is 2.76. The summed E-state index contributed by atoms with van der Waals surface area (Å²) in [5.41, 5.74) is 3.55. The Kier molecular flexibility index (Phi) is 7.90. The van der Waals surface area contributed by atoms with Gasteiger partial charge in [0.1, 0.15) is 17.6 Å². The zero-order valence-electron chi connectivity index (χ0n) is 17.7. The normalized spacial score (nSPS) is 11.7. The van der Waals surface area contributed by atoms with E-state index >= 15 is 0 Å². The fourth-order valence-electron chi connectivity index (χ4n) is 3.23. The van der Waals surface area contributed by atoms with Gasteiger partial charge in [0.15, 0.2) is 6.61 Å². The van der Waals surface area contributed by atoms with Gasteiger partial charge in [-0.3, -0.25) is 0 Å². The van der Waals surface area contributed by atoms with Gasteiger partial charge in [0, 0.05) is 10.6 Å². The van der Waals surface area contributed by atoms with E-state index in [-0.39, 0.29) is 12.7 Å². The number of unbranched alkanes of at least 4 members (excludes halogenated alkanes) is 1. The van der Waals surface area contributed by atoms with Crippen molar-refractivity contribution in [1.29, 1.82) is 0 Å². The molecule has 6 heteroatoms. The summed E-state index contributed by atoms with van der Waals surface area (Å²) in [7, 11) is 0. The SMILES string of the molecule is CCCC[C@@H](Oc1ccc(OCC(=O)O)c(C)c1)c1cccc(-c2ccc(Cl)cc2)n1. The molecule has 0 bridgehead atoms. The van der Waals surface area contributed by atoms with Gasteiger partial charge in [-0.25, -0.2) is 9.78 Å². The highest BCUT2D eigenvalue weighted by Gasteiger charge is 2.16. The van der Waals surface area contributed by atoms with E-state index in [1.165, 1.54) is 0 Å². The zero-order chi connectivity index (χ0) is 22.2. The van der Waals surface area contributed by atoms with Crippen molar-refractivity contribution in [2.75, 3.05) is 6.61 Å². The fourth-order valence-corrected chi connectivity index (χ4v) is 3.36. The predicted octanol–water partition coefficient (Wildman–Crippen LogP) is 6.48. The van der Waals surface area contributed by atoms with E-state index in [1.54, 1.807) is 12.1 Å². The molecule has 0 spiro atoms. The molecule has 1 atom stereocenters. The molecule has 1 N–H and O–H groups in total. The molecule has 162 valence electrons. The first-order chi connectivity index (χ1) is 15.0. The average molecular weight is 440 g/mol. The first kappa shape index (κ1) is 22.6. The van der Waals surface area contributed by atoms with E-state index in [0.717, 1.165) is 41.8 Å².